The van der Waals surface area contributed by atoms with E-state index in [9.17, 15) is 0 Å². The lowest BCUT2D eigenvalue weighted by Gasteiger charge is -2.20. The van der Waals surface area contributed by atoms with Crippen LogP contribution in [-0.4, -0.2) is 12.3 Å². The minimum absolute atomic E-state index is 0.499. The SMILES string of the molecule is C#CCSc1ccccc1N(/C=C/c1sc2ccccc2[n+]1C)CC#C. The third-order valence-corrected chi connectivity index (χ3v) is 6.07. The number of anilines is 1. The average Bonchev–Trinajstić information content (AvgIpc) is 3.00. The summed E-state index contributed by atoms with van der Waals surface area (Å²) in [7, 11) is 2.08. The second kappa shape index (κ2) is 8.63. The molecule has 3 rings (SSSR count). The van der Waals surface area contributed by atoms with Gasteiger partial charge in [0.05, 0.1) is 18.0 Å². The van der Waals surface area contributed by atoms with E-state index in [1.54, 1.807) is 23.1 Å². The number of rotatable bonds is 6. The van der Waals surface area contributed by atoms with Crippen molar-refractivity contribution in [3.63, 3.8) is 0 Å². The monoisotopic (exact) mass is 375 g/mol. The van der Waals surface area contributed by atoms with Crippen LogP contribution in [0.25, 0.3) is 16.3 Å². The first-order valence-corrected chi connectivity index (χ1v) is 9.96. The number of hydrogen-bond acceptors (Lipinski definition) is 3. The highest BCUT2D eigenvalue weighted by atomic mass is 32.2. The summed E-state index contributed by atoms with van der Waals surface area (Å²) < 4.78 is 3.46. The highest BCUT2D eigenvalue weighted by molar-refractivity contribution is 7.99. The van der Waals surface area contributed by atoms with E-state index in [2.05, 4.69) is 77.0 Å². The first-order chi connectivity index (χ1) is 12.7. The van der Waals surface area contributed by atoms with Crippen molar-refractivity contribution < 1.29 is 4.57 Å². The van der Waals surface area contributed by atoms with Gasteiger partial charge in [-0.1, -0.05) is 47.4 Å². The molecule has 3 aromatic rings. The van der Waals surface area contributed by atoms with Crippen LogP contribution in [0.4, 0.5) is 5.69 Å². The lowest BCUT2D eigenvalue weighted by Crippen LogP contribution is -2.29. The molecule has 0 bridgehead atoms. The number of terminal acetylenes is 2. The molecule has 0 atom stereocenters. The van der Waals surface area contributed by atoms with E-state index in [1.165, 1.54) is 15.2 Å². The van der Waals surface area contributed by atoms with E-state index in [4.69, 9.17) is 12.8 Å². The zero-order valence-corrected chi connectivity index (χ0v) is 16.2. The largest absolute Gasteiger partial charge is 0.335 e. The van der Waals surface area contributed by atoms with Crippen molar-refractivity contribution in [1.29, 1.82) is 0 Å². The molecular formula is C22H19N2S2+. The molecule has 0 aliphatic heterocycles. The molecule has 0 saturated heterocycles. The van der Waals surface area contributed by atoms with E-state index < -0.39 is 0 Å². The summed E-state index contributed by atoms with van der Waals surface area (Å²) in [4.78, 5) is 3.22. The second-order valence-corrected chi connectivity index (χ2v) is 7.65. The number of thiazole rings is 1. The van der Waals surface area contributed by atoms with Gasteiger partial charge in [0.15, 0.2) is 0 Å². The van der Waals surface area contributed by atoms with Gasteiger partial charge in [-0.25, -0.2) is 0 Å². The predicted molar refractivity (Wildman–Crippen MR) is 114 cm³/mol. The fourth-order valence-electron chi connectivity index (χ4n) is 2.67. The first-order valence-electron chi connectivity index (χ1n) is 8.15. The molecular weight excluding hydrogens is 356 g/mol. The maximum atomic E-state index is 5.61. The Kier molecular flexibility index (Phi) is 6.02. The molecule has 0 unspecified atom stereocenters. The summed E-state index contributed by atoms with van der Waals surface area (Å²) in [5.41, 5.74) is 2.30. The second-order valence-electron chi connectivity index (χ2n) is 5.58. The molecule has 128 valence electrons. The molecule has 0 N–H and O–H groups in total. The van der Waals surface area contributed by atoms with Gasteiger partial charge >= 0.3 is 0 Å². The summed E-state index contributed by atoms with van der Waals surface area (Å²) in [6.45, 7) is 0.499. The molecule has 0 spiro atoms. The van der Waals surface area contributed by atoms with Gasteiger partial charge in [0.25, 0.3) is 5.01 Å². The van der Waals surface area contributed by atoms with Crippen LogP contribution >= 0.6 is 23.1 Å². The quantitative estimate of drug-likeness (QED) is 0.354. The van der Waals surface area contributed by atoms with E-state index in [1.807, 2.05) is 12.1 Å². The first kappa shape index (κ1) is 18.1. The Morgan fingerprint density at radius 2 is 1.88 bits per heavy atom. The topological polar surface area (TPSA) is 7.12 Å². The maximum absolute atomic E-state index is 5.61. The Hall–Kier alpha value is -2.66. The van der Waals surface area contributed by atoms with Crippen molar-refractivity contribution in [1.82, 2.24) is 0 Å². The van der Waals surface area contributed by atoms with Gasteiger partial charge in [-0.15, -0.1) is 24.6 Å². The summed E-state index contributed by atoms with van der Waals surface area (Å²) >= 11 is 3.41. The average molecular weight is 376 g/mol. The van der Waals surface area contributed by atoms with Crippen LogP contribution in [0.2, 0.25) is 0 Å². The van der Waals surface area contributed by atoms with Crippen LogP contribution < -0.4 is 9.47 Å². The number of aryl methyl sites for hydroxylation is 1. The van der Waals surface area contributed by atoms with Crippen molar-refractivity contribution >= 4 is 45.1 Å². The van der Waals surface area contributed by atoms with Gasteiger partial charge in [-0.2, -0.15) is 4.57 Å². The normalized spacial score (nSPS) is 10.7. The Bertz CT molecular complexity index is 1020. The smallest absolute Gasteiger partial charge is 0.263 e. The molecule has 4 heteroatoms. The Labute approximate surface area is 163 Å². The summed E-state index contributed by atoms with van der Waals surface area (Å²) in [6.07, 6.45) is 15.2. The molecule has 0 aliphatic carbocycles. The van der Waals surface area contributed by atoms with Crippen LogP contribution in [0.5, 0.6) is 0 Å². The van der Waals surface area contributed by atoms with Crippen molar-refractivity contribution in [3.05, 3.63) is 59.7 Å². The van der Waals surface area contributed by atoms with Gasteiger partial charge in [0.1, 0.15) is 11.7 Å². The number of nitrogens with zero attached hydrogens (tertiary/aromatic N) is 2. The zero-order valence-electron chi connectivity index (χ0n) is 14.6. The van der Waals surface area contributed by atoms with Gasteiger partial charge in [0.2, 0.25) is 5.52 Å². The fraction of sp³-hybridized carbons (Fsp3) is 0.136. The number of hydrogen-bond donors (Lipinski definition) is 0. The molecule has 26 heavy (non-hydrogen) atoms. The fourth-order valence-corrected chi connectivity index (χ4v) is 4.46. The van der Waals surface area contributed by atoms with Crippen molar-refractivity contribution in [3.8, 4) is 24.7 Å². The number of thioether (sulfide) groups is 1. The van der Waals surface area contributed by atoms with E-state index in [0.717, 1.165) is 10.6 Å². The molecule has 2 aromatic carbocycles. The van der Waals surface area contributed by atoms with Gasteiger partial charge < -0.3 is 4.90 Å². The van der Waals surface area contributed by atoms with E-state index in [-0.39, 0.29) is 0 Å². The van der Waals surface area contributed by atoms with Gasteiger partial charge in [0, 0.05) is 23.2 Å². The molecule has 1 heterocycles. The third kappa shape index (κ3) is 3.94. The number of fused-ring (bicyclic) bond motifs is 1. The summed E-state index contributed by atoms with van der Waals surface area (Å²) in [6, 6.07) is 16.6. The van der Waals surface area contributed by atoms with Crippen LogP contribution in [0, 0.1) is 24.7 Å². The molecule has 2 nitrogen and oxygen atoms in total. The summed E-state index contributed by atoms with van der Waals surface area (Å²) in [5.74, 6) is 6.06. The summed E-state index contributed by atoms with van der Waals surface area (Å²) in [5, 5.41) is 1.17. The molecule has 0 saturated carbocycles. The molecule has 0 amide bonds. The van der Waals surface area contributed by atoms with Crippen LogP contribution in [-0.2, 0) is 7.05 Å². The standard InChI is InChI=1S/C22H19N2S2/c1-4-15-24(19-11-7-8-12-20(19)25-17-5-2)16-14-22-23(3)18-10-6-9-13-21(18)26-22/h1-2,6-14,16H,15,17H2,3H3/q+1. The highest BCUT2D eigenvalue weighted by Crippen LogP contribution is 2.30. The Morgan fingerprint density at radius 1 is 1.12 bits per heavy atom. The minimum Gasteiger partial charge on any atom is -0.335 e. The van der Waals surface area contributed by atoms with E-state index in [0.29, 0.717) is 12.3 Å². The van der Waals surface area contributed by atoms with Crippen LogP contribution in [0.3, 0.4) is 0 Å². The molecule has 0 radical (unpaired) electrons. The zero-order chi connectivity index (χ0) is 18.4. The minimum atomic E-state index is 0.499. The van der Waals surface area contributed by atoms with Gasteiger partial charge in [-0.05, 0) is 18.2 Å². The molecule has 0 aliphatic rings. The van der Waals surface area contributed by atoms with Gasteiger partial charge in [-0.3, -0.25) is 0 Å². The van der Waals surface area contributed by atoms with E-state index >= 15 is 0 Å². The van der Waals surface area contributed by atoms with Crippen LogP contribution in [0.15, 0.2) is 59.6 Å². The Morgan fingerprint density at radius 3 is 2.65 bits per heavy atom. The van der Waals surface area contributed by atoms with Crippen LogP contribution in [0.1, 0.15) is 5.01 Å². The predicted octanol–water partition coefficient (Wildman–Crippen LogP) is 4.56. The molecule has 1 aromatic heterocycles. The lowest BCUT2D eigenvalue weighted by atomic mass is 10.3. The maximum Gasteiger partial charge on any atom is 0.263 e. The number of para-hydroxylation sites is 2. The highest BCUT2D eigenvalue weighted by Gasteiger charge is 2.14. The third-order valence-electron chi connectivity index (χ3n) is 3.92. The Balaban J connectivity index is 1.94. The van der Waals surface area contributed by atoms with Crippen molar-refractivity contribution in [2.45, 2.75) is 4.90 Å². The van der Waals surface area contributed by atoms with Crippen molar-refractivity contribution in [2.24, 2.45) is 7.05 Å². The molecule has 0 fully saturated rings. The number of benzene rings is 2. The van der Waals surface area contributed by atoms with Crippen molar-refractivity contribution in [2.75, 3.05) is 17.2 Å². The number of aromatic nitrogens is 1. The lowest BCUT2D eigenvalue weighted by molar-refractivity contribution is -0.642.